The molecule has 3 nitrogen and oxygen atoms in total. The molecule has 0 amide bonds. The van der Waals surface area contributed by atoms with Gasteiger partial charge in [-0.15, -0.1) is 0 Å². The molecule has 0 saturated heterocycles. The predicted molar refractivity (Wildman–Crippen MR) is 57.4 cm³/mol. The average Bonchev–Trinajstić information content (AvgIpc) is 2.14. The monoisotopic (exact) mass is 204 g/mol. The van der Waals surface area contributed by atoms with Crippen LogP contribution in [0.2, 0.25) is 0 Å². The molecular formula is C11H24O3. The lowest BCUT2D eigenvalue weighted by atomic mass is 10.1. The molecule has 0 fully saturated rings. The molecule has 0 aliphatic carbocycles. The summed E-state index contributed by atoms with van der Waals surface area (Å²) in [5.74, 6) is 0. The summed E-state index contributed by atoms with van der Waals surface area (Å²) in [5, 5.41) is 8.63. The number of ether oxygens (including phenoxy) is 2. The predicted octanol–water partition coefficient (Wildman–Crippen LogP) is 1.98. The second kappa shape index (κ2) is 7.21. The lowest BCUT2D eigenvalue weighted by Gasteiger charge is -2.25. The molecule has 1 N–H and O–H groups in total. The van der Waals surface area contributed by atoms with E-state index >= 15 is 0 Å². The van der Waals surface area contributed by atoms with Crippen LogP contribution in [0.3, 0.4) is 0 Å². The molecule has 0 saturated carbocycles. The number of rotatable bonds is 8. The van der Waals surface area contributed by atoms with Crippen molar-refractivity contribution in [2.75, 3.05) is 19.8 Å². The molecule has 0 aromatic heterocycles. The zero-order valence-electron chi connectivity index (χ0n) is 9.88. The fraction of sp³-hybridized carbons (Fsp3) is 1.00. The van der Waals surface area contributed by atoms with Gasteiger partial charge in [-0.1, -0.05) is 6.92 Å². The Bertz CT molecular complexity index is 134. The van der Waals surface area contributed by atoms with Crippen molar-refractivity contribution < 1.29 is 14.6 Å². The van der Waals surface area contributed by atoms with Crippen LogP contribution in [0, 0.1) is 0 Å². The first-order chi connectivity index (χ1) is 6.52. The van der Waals surface area contributed by atoms with Crippen molar-refractivity contribution in [1.29, 1.82) is 0 Å². The first kappa shape index (κ1) is 13.9. The Labute approximate surface area is 87.4 Å². The van der Waals surface area contributed by atoms with E-state index in [0.29, 0.717) is 19.3 Å². The maximum absolute atomic E-state index is 8.63. The van der Waals surface area contributed by atoms with E-state index in [1.807, 2.05) is 13.8 Å². The van der Waals surface area contributed by atoms with E-state index in [1.54, 1.807) is 0 Å². The van der Waals surface area contributed by atoms with E-state index in [-0.39, 0.29) is 12.2 Å². The lowest BCUT2D eigenvalue weighted by Crippen LogP contribution is -2.28. The zero-order valence-corrected chi connectivity index (χ0v) is 9.88. The van der Waals surface area contributed by atoms with Gasteiger partial charge in [-0.25, -0.2) is 0 Å². The Morgan fingerprint density at radius 1 is 1.29 bits per heavy atom. The third-order valence-electron chi connectivity index (χ3n) is 2.27. The summed E-state index contributed by atoms with van der Waals surface area (Å²) in [6.45, 7) is 9.41. The van der Waals surface area contributed by atoms with Gasteiger partial charge in [0.2, 0.25) is 0 Å². The molecule has 0 bridgehead atoms. The van der Waals surface area contributed by atoms with E-state index in [0.717, 1.165) is 12.8 Å². The summed E-state index contributed by atoms with van der Waals surface area (Å²) in [5.41, 5.74) is -0.198. The largest absolute Gasteiger partial charge is 0.394 e. The van der Waals surface area contributed by atoms with Crippen molar-refractivity contribution in [3.8, 4) is 0 Å². The van der Waals surface area contributed by atoms with Gasteiger partial charge in [0.05, 0.1) is 24.9 Å². The number of aliphatic hydroxyl groups is 1. The van der Waals surface area contributed by atoms with Crippen molar-refractivity contribution in [1.82, 2.24) is 0 Å². The van der Waals surface area contributed by atoms with Gasteiger partial charge in [0.1, 0.15) is 0 Å². The van der Waals surface area contributed by atoms with Crippen LogP contribution in [0.4, 0.5) is 0 Å². The first-order valence-electron chi connectivity index (χ1n) is 5.38. The highest BCUT2D eigenvalue weighted by atomic mass is 16.5. The standard InChI is InChI=1S/C11H24O3/c1-5-10(2)13-8-6-11(3,4)14-9-7-12/h10,12H,5-9H2,1-4H3. The van der Waals surface area contributed by atoms with Gasteiger partial charge in [0.15, 0.2) is 0 Å². The minimum absolute atomic E-state index is 0.0790. The average molecular weight is 204 g/mol. The van der Waals surface area contributed by atoms with Gasteiger partial charge in [-0.05, 0) is 33.6 Å². The Morgan fingerprint density at radius 3 is 2.43 bits per heavy atom. The minimum Gasteiger partial charge on any atom is -0.394 e. The normalized spacial score (nSPS) is 14.4. The van der Waals surface area contributed by atoms with Crippen LogP contribution in [-0.2, 0) is 9.47 Å². The van der Waals surface area contributed by atoms with Crippen molar-refractivity contribution >= 4 is 0 Å². The van der Waals surface area contributed by atoms with Crippen molar-refractivity contribution in [3.63, 3.8) is 0 Å². The van der Waals surface area contributed by atoms with E-state index in [1.165, 1.54) is 0 Å². The fourth-order valence-corrected chi connectivity index (χ4v) is 1.02. The zero-order chi connectivity index (χ0) is 11.0. The molecule has 3 heteroatoms. The third-order valence-corrected chi connectivity index (χ3v) is 2.27. The fourth-order valence-electron chi connectivity index (χ4n) is 1.02. The van der Waals surface area contributed by atoms with Crippen LogP contribution in [0.1, 0.15) is 40.5 Å². The van der Waals surface area contributed by atoms with E-state index in [9.17, 15) is 0 Å². The first-order valence-corrected chi connectivity index (χ1v) is 5.38. The second-order valence-electron chi connectivity index (χ2n) is 4.17. The van der Waals surface area contributed by atoms with E-state index < -0.39 is 0 Å². The van der Waals surface area contributed by atoms with Crippen LogP contribution in [0.15, 0.2) is 0 Å². The highest BCUT2D eigenvalue weighted by Crippen LogP contribution is 2.14. The SMILES string of the molecule is CCC(C)OCCC(C)(C)OCCO. The molecule has 0 radical (unpaired) electrons. The maximum Gasteiger partial charge on any atom is 0.0705 e. The van der Waals surface area contributed by atoms with Gasteiger partial charge in [-0.3, -0.25) is 0 Å². The number of aliphatic hydroxyl groups excluding tert-OH is 1. The molecular weight excluding hydrogens is 180 g/mol. The number of hydrogen-bond donors (Lipinski definition) is 1. The van der Waals surface area contributed by atoms with E-state index in [2.05, 4.69) is 13.8 Å². The van der Waals surface area contributed by atoms with Crippen LogP contribution in [-0.4, -0.2) is 36.6 Å². The summed E-state index contributed by atoms with van der Waals surface area (Å²) in [7, 11) is 0. The van der Waals surface area contributed by atoms with Crippen LogP contribution in [0.5, 0.6) is 0 Å². The third kappa shape index (κ3) is 7.30. The van der Waals surface area contributed by atoms with Gasteiger partial charge in [0, 0.05) is 6.61 Å². The summed E-state index contributed by atoms with van der Waals surface area (Å²) < 4.78 is 11.0. The van der Waals surface area contributed by atoms with Crippen LogP contribution < -0.4 is 0 Å². The molecule has 0 aliphatic rings. The highest BCUT2D eigenvalue weighted by Gasteiger charge is 2.17. The Balaban J connectivity index is 3.54. The molecule has 0 aliphatic heterocycles. The topological polar surface area (TPSA) is 38.7 Å². The molecule has 0 aromatic rings. The minimum atomic E-state index is -0.198. The van der Waals surface area contributed by atoms with Crippen LogP contribution in [0.25, 0.3) is 0 Å². The van der Waals surface area contributed by atoms with E-state index in [4.69, 9.17) is 14.6 Å². The Morgan fingerprint density at radius 2 is 1.93 bits per heavy atom. The molecule has 1 unspecified atom stereocenters. The van der Waals surface area contributed by atoms with Gasteiger partial charge in [-0.2, -0.15) is 0 Å². The summed E-state index contributed by atoms with van der Waals surface area (Å²) in [6, 6.07) is 0. The molecule has 1 atom stereocenters. The molecule has 86 valence electrons. The molecule has 0 spiro atoms. The number of hydrogen-bond acceptors (Lipinski definition) is 3. The van der Waals surface area contributed by atoms with Crippen molar-refractivity contribution in [2.45, 2.75) is 52.2 Å². The lowest BCUT2D eigenvalue weighted by molar-refractivity contribution is -0.0592. The van der Waals surface area contributed by atoms with Gasteiger partial charge < -0.3 is 14.6 Å². The Hall–Kier alpha value is -0.120. The summed E-state index contributed by atoms with van der Waals surface area (Å²) >= 11 is 0. The second-order valence-corrected chi connectivity index (χ2v) is 4.17. The quantitative estimate of drug-likeness (QED) is 0.657. The highest BCUT2D eigenvalue weighted by molar-refractivity contribution is 4.68. The molecule has 14 heavy (non-hydrogen) atoms. The van der Waals surface area contributed by atoms with Crippen molar-refractivity contribution in [3.05, 3.63) is 0 Å². The maximum atomic E-state index is 8.63. The van der Waals surface area contributed by atoms with Crippen LogP contribution >= 0.6 is 0 Å². The molecule has 0 rings (SSSR count). The summed E-state index contributed by atoms with van der Waals surface area (Å²) in [4.78, 5) is 0. The van der Waals surface area contributed by atoms with Gasteiger partial charge >= 0.3 is 0 Å². The summed E-state index contributed by atoms with van der Waals surface area (Å²) in [6.07, 6.45) is 2.22. The molecule has 0 aromatic carbocycles. The smallest absolute Gasteiger partial charge is 0.0705 e. The molecule has 0 heterocycles. The van der Waals surface area contributed by atoms with Gasteiger partial charge in [0.25, 0.3) is 0 Å². The Kier molecular flexibility index (Phi) is 7.15. The van der Waals surface area contributed by atoms with Crippen molar-refractivity contribution in [2.24, 2.45) is 0 Å².